The molecule has 15 heavy (non-hydrogen) atoms. The Hall–Kier alpha value is -2.15. The second kappa shape index (κ2) is 3.93. The summed E-state index contributed by atoms with van der Waals surface area (Å²) in [7, 11) is 0. The number of nitrogens with zero attached hydrogens (tertiary/aromatic N) is 4. The third kappa shape index (κ3) is 2.02. The van der Waals surface area contributed by atoms with Crippen LogP contribution < -0.4 is 0 Å². The fraction of sp³-hybridized carbons (Fsp3) is 0.182. The zero-order valence-electron chi connectivity index (χ0n) is 8.38. The Balaban J connectivity index is 2.28. The monoisotopic (exact) mass is 198 g/mol. The van der Waals surface area contributed by atoms with Gasteiger partial charge in [0.15, 0.2) is 0 Å². The van der Waals surface area contributed by atoms with Gasteiger partial charge in [-0.2, -0.15) is 15.0 Å². The van der Waals surface area contributed by atoms with E-state index in [4.69, 9.17) is 6.57 Å². The Morgan fingerprint density at radius 2 is 2.07 bits per heavy atom. The van der Waals surface area contributed by atoms with Gasteiger partial charge in [-0.15, -0.1) is 0 Å². The first-order valence-electron chi connectivity index (χ1n) is 4.61. The molecule has 0 radical (unpaired) electrons. The molecule has 0 aliphatic carbocycles. The number of hydrogen-bond acceptors (Lipinski definition) is 2. The van der Waals surface area contributed by atoms with Gasteiger partial charge in [0.1, 0.15) is 0 Å². The maximum absolute atomic E-state index is 6.76. The van der Waals surface area contributed by atoms with Crippen molar-refractivity contribution >= 4 is 0 Å². The van der Waals surface area contributed by atoms with Gasteiger partial charge >= 0.3 is 0 Å². The summed E-state index contributed by atoms with van der Waals surface area (Å²) < 4.78 is 0. The van der Waals surface area contributed by atoms with Crippen LogP contribution in [0.25, 0.3) is 10.5 Å². The van der Waals surface area contributed by atoms with Gasteiger partial charge in [-0.1, -0.05) is 0 Å². The summed E-state index contributed by atoms with van der Waals surface area (Å²) in [6, 6.07) is 7.68. The predicted molar refractivity (Wildman–Crippen MR) is 56.4 cm³/mol. The number of aryl methyl sites for hydroxylation is 1. The van der Waals surface area contributed by atoms with Gasteiger partial charge < -0.3 is 4.85 Å². The van der Waals surface area contributed by atoms with Crippen molar-refractivity contribution in [3.63, 3.8) is 0 Å². The molecule has 0 bridgehead atoms. The maximum atomic E-state index is 6.76. The molecule has 1 aromatic heterocycles. The van der Waals surface area contributed by atoms with Crippen LogP contribution in [0.1, 0.15) is 11.3 Å². The van der Waals surface area contributed by atoms with E-state index in [1.807, 2.05) is 31.2 Å². The van der Waals surface area contributed by atoms with Gasteiger partial charge in [0.2, 0.25) is 6.54 Å². The Morgan fingerprint density at radius 3 is 2.60 bits per heavy atom. The molecular weight excluding hydrogens is 188 g/mol. The summed E-state index contributed by atoms with van der Waals surface area (Å²) in [6.07, 6.45) is 1.72. The number of benzene rings is 1. The van der Waals surface area contributed by atoms with E-state index in [2.05, 4.69) is 15.0 Å². The summed E-state index contributed by atoms with van der Waals surface area (Å²) in [5.41, 5.74) is 2.81. The van der Waals surface area contributed by atoms with Crippen molar-refractivity contribution in [2.75, 3.05) is 0 Å². The van der Waals surface area contributed by atoms with Gasteiger partial charge in [0.25, 0.3) is 0 Å². The summed E-state index contributed by atoms with van der Waals surface area (Å²) in [5.74, 6) is 0. The van der Waals surface area contributed by atoms with Crippen molar-refractivity contribution in [3.05, 3.63) is 53.1 Å². The number of aromatic nitrogens is 3. The van der Waals surface area contributed by atoms with Crippen molar-refractivity contribution in [1.29, 1.82) is 0 Å². The van der Waals surface area contributed by atoms with E-state index < -0.39 is 0 Å². The normalized spacial score (nSPS) is 9.87. The molecule has 0 aliphatic rings. The van der Waals surface area contributed by atoms with Crippen molar-refractivity contribution in [2.45, 2.75) is 13.5 Å². The summed E-state index contributed by atoms with van der Waals surface area (Å²) in [5, 5.41) is 8.31. The lowest BCUT2D eigenvalue weighted by Gasteiger charge is -1.99. The quantitative estimate of drug-likeness (QED) is 0.692. The topological polar surface area (TPSA) is 35.1 Å². The maximum Gasteiger partial charge on any atom is 0.239 e. The van der Waals surface area contributed by atoms with E-state index in [9.17, 15) is 0 Å². The molecule has 0 fully saturated rings. The third-order valence-corrected chi connectivity index (χ3v) is 2.04. The highest BCUT2D eigenvalue weighted by atomic mass is 15.5. The Bertz CT molecular complexity index is 490. The molecule has 0 spiro atoms. The minimum Gasteiger partial charge on any atom is -0.312 e. The van der Waals surface area contributed by atoms with Crippen LogP contribution in [0.3, 0.4) is 0 Å². The Labute approximate surface area is 88.0 Å². The van der Waals surface area contributed by atoms with E-state index in [0.29, 0.717) is 6.54 Å². The van der Waals surface area contributed by atoms with Crippen LogP contribution >= 0.6 is 0 Å². The smallest absolute Gasteiger partial charge is 0.239 e. The summed E-state index contributed by atoms with van der Waals surface area (Å²) >= 11 is 0. The van der Waals surface area contributed by atoms with Crippen LogP contribution in [0.4, 0.5) is 0 Å². The minimum absolute atomic E-state index is 0.422. The molecule has 4 nitrogen and oxygen atoms in total. The molecule has 2 rings (SSSR count). The summed E-state index contributed by atoms with van der Waals surface area (Å²) in [6.45, 7) is 9.08. The molecule has 0 saturated carbocycles. The second-order valence-electron chi connectivity index (χ2n) is 3.26. The van der Waals surface area contributed by atoms with E-state index in [-0.39, 0.29) is 0 Å². The molecule has 2 aromatic rings. The SMILES string of the molecule is [C-]#[N+]Cc1ccc(-n2ncc(C)n2)cc1. The van der Waals surface area contributed by atoms with Gasteiger partial charge in [-0.3, -0.25) is 0 Å². The molecule has 0 N–H and O–H groups in total. The molecule has 0 aliphatic heterocycles. The van der Waals surface area contributed by atoms with Crippen molar-refractivity contribution in [1.82, 2.24) is 15.0 Å². The first-order valence-corrected chi connectivity index (χ1v) is 4.61. The van der Waals surface area contributed by atoms with E-state index in [1.54, 1.807) is 11.0 Å². The lowest BCUT2D eigenvalue weighted by atomic mass is 10.2. The van der Waals surface area contributed by atoms with Gasteiger partial charge in [0, 0.05) is 5.56 Å². The zero-order chi connectivity index (χ0) is 10.7. The first-order chi connectivity index (χ1) is 7.29. The number of hydrogen-bond donors (Lipinski definition) is 0. The van der Waals surface area contributed by atoms with Crippen molar-refractivity contribution in [3.8, 4) is 5.69 Å². The predicted octanol–water partition coefficient (Wildman–Crippen LogP) is 2.00. The average molecular weight is 198 g/mol. The molecule has 74 valence electrons. The van der Waals surface area contributed by atoms with Gasteiger partial charge in [0.05, 0.1) is 17.6 Å². The zero-order valence-corrected chi connectivity index (χ0v) is 8.38. The minimum atomic E-state index is 0.422. The van der Waals surface area contributed by atoms with Crippen molar-refractivity contribution < 1.29 is 0 Å². The standard InChI is InChI=1S/C11H10N4/c1-9-7-13-15(14-9)11-5-3-10(4-6-11)8-12-2/h3-7H,8H2,1H3. The Kier molecular flexibility index (Phi) is 2.46. The largest absolute Gasteiger partial charge is 0.312 e. The van der Waals surface area contributed by atoms with Crippen LogP contribution in [0.15, 0.2) is 30.5 Å². The van der Waals surface area contributed by atoms with Crippen LogP contribution in [0, 0.1) is 13.5 Å². The van der Waals surface area contributed by atoms with E-state index >= 15 is 0 Å². The van der Waals surface area contributed by atoms with E-state index in [0.717, 1.165) is 16.9 Å². The van der Waals surface area contributed by atoms with Gasteiger partial charge in [-0.25, -0.2) is 6.57 Å². The highest BCUT2D eigenvalue weighted by molar-refractivity contribution is 5.33. The fourth-order valence-corrected chi connectivity index (χ4v) is 1.29. The third-order valence-electron chi connectivity index (χ3n) is 2.04. The summed E-state index contributed by atoms with van der Waals surface area (Å²) in [4.78, 5) is 4.90. The molecule has 0 atom stereocenters. The highest BCUT2D eigenvalue weighted by Gasteiger charge is 2.00. The number of rotatable bonds is 2. The fourth-order valence-electron chi connectivity index (χ4n) is 1.29. The molecule has 1 aromatic carbocycles. The lowest BCUT2D eigenvalue weighted by Crippen LogP contribution is -1.98. The highest BCUT2D eigenvalue weighted by Crippen LogP contribution is 2.08. The van der Waals surface area contributed by atoms with Crippen molar-refractivity contribution in [2.24, 2.45) is 0 Å². The molecular formula is C11H10N4. The van der Waals surface area contributed by atoms with Crippen LogP contribution in [-0.2, 0) is 6.54 Å². The van der Waals surface area contributed by atoms with E-state index in [1.165, 1.54) is 0 Å². The second-order valence-corrected chi connectivity index (χ2v) is 3.26. The molecule has 0 saturated heterocycles. The lowest BCUT2D eigenvalue weighted by molar-refractivity contribution is 0.745. The van der Waals surface area contributed by atoms with Gasteiger partial charge in [-0.05, 0) is 31.2 Å². The Morgan fingerprint density at radius 1 is 1.33 bits per heavy atom. The van der Waals surface area contributed by atoms with Crippen LogP contribution in [0.2, 0.25) is 0 Å². The molecule has 0 unspecified atom stereocenters. The van der Waals surface area contributed by atoms with Crippen LogP contribution in [-0.4, -0.2) is 15.0 Å². The molecule has 0 amide bonds. The molecule has 4 heteroatoms. The average Bonchev–Trinajstić information content (AvgIpc) is 2.67. The first kappa shape index (κ1) is 9.41. The van der Waals surface area contributed by atoms with Crippen LogP contribution in [0.5, 0.6) is 0 Å². The molecule has 1 heterocycles.